The first kappa shape index (κ1) is 14.1. The van der Waals surface area contributed by atoms with Gasteiger partial charge < -0.3 is 10.4 Å². The highest BCUT2D eigenvalue weighted by Crippen LogP contribution is 2.20. The molecule has 1 rings (SSSR count). The number of carbonyl (C=O) groups excluding carboxylic acids is 1. The first-order chi connectivity index (χ1) is 8.45. The molecule has 0 fully saturated rings. The summed E-state index contributed by atoms with van der Waals surface area (Å²) in [7, 11) is 0. The number of aliphatic hydroxyl groups is 1. The third kappa shape index (κ3) is 3.53. The molecule has 0 bridgehead atoms. The highest BCUT2D eigenvalue weighted by atomic mass is 16.6. The number of hydrogen-bond acceptors (Lipinski definition) is 4. The lowest BCUT2D eigenvalue weighted by Crippen LogP contribution is -2.37. The van der Waals surface area contributed by atoms with Gasteiger partial charge in [-0.15, -0.1) is 0 Å². The van der Waals surface area contributed by atoms with Crippen LogP contribution in [0.1, 0.15) is 25.3 Å². The molecule has 18 heavy (non-hydrogen) atoms. The van der Waals surface area contributed by atoms with E-state index in [0.29, 0.717) is 5.56 Å². The largest absolute Gasteiger partial charge is 0.394 e. The lowest BCUT2D eigenvalue weighted by atomic mass is 9.99. The summed E-state index contributed by atoms with van der Waals surface area (Å²) < 4.78 is 0. The van der Waals surface area contributed by atoms with E-state index in [0.717, 1.165) is 0 Å². The number of nitro benzene ring substituents is 1. The molecule has 1 aromatic rings. The topological polar surface area (TPSA) is 92.5 Å². The third-order valence-electron chi connectivity index (χ3n) is 2.64. The van der Waals surface area contributed by atoms with Crippen LogP contribution in [0, 0.1) is 10.1 Å². The Kier molecular flexibility index (Phi) is 4.79. The number of amides is 1. The van der Waals surface area contributed by atoms with E-state index < -0.39 is 10.8 Å². The maximum Gasteiger partial charge on any atom is 0.269 e. The van der Waals surface area contributed by atoms with Gasteiger partial charge in [-0.1, -0.05) is 12.1 Å². The second-order valence-electron chi connectivity index (χ2n) is 4.17. The summed E-state index contributed by atoms with van der Waals surface area (Å²) in [4.78, 5) is 21.9. The van der Waals surface area contributed by atoms with Crippen LogP contribution in [0.2, 0.25) is 0 Å². The van der Waals surface area contributed by atoms with E-state index >= 15 is 0 Å². The normalized spacial score (nSPS) is 13.7. The molecule has 1 aromatic carbocycles. The van der Waals surface area contributed by atoms with E-state index in [1.165, 1.54) is 12.1 Å². The Morgan fingerprint density at radius 2 is 2.17 bits per heavy atom. The molecule has 1 amide bonds. The number of aliphatic hydroxyl groups excluding tert-OH is 1. The number of nitro groups is 1. The zero-order valence-electron chi connectivity index (χ0n) is 10.3. The Morgan fingerprint density at radius 3 is 2.72 bits per heavy atom. The van der Waals surface area contributed by atoms with E-state index in [-0.39, 0.29) is 24.2 Å². The number of non-ortho nitro benzene ring substituents is 1. The van der Waals surface area contributed by atoms with Crippen LogP contribution in [0.4, 0.5) is 5.69 Å². The first-order valence-electron chi connectivity index (χ1n) is 5.61. The second-order valence-corrected chi connectivity index (χ2v) is 4.17. The van der Waals surface area contributed by atoms with Crippen molar-refractivity contribution in [2.75, 3.05) is 6.61 Å². The number of hydrogen-bond donors (Lipinski definition) is 2. The van der Waals surface area contributed by atoms with Gasteiger partial charge in [0.05, 0.1) is 17.4 Å². The molecule has 6 heteroatoms. The Labute approximate surface area is 105 Å². The minimum Gasteiger partial charge on any atom is -0.394 e. The minimum atomic E-state index is -0.501. The molecule has 2 atom stereocenters. The predicted octanol–water partition coefficient (Wildman–Crippen LogP) is 1.20. The Hall–Kier alpha value is -1.95. The molecular weight excluding hydrogens is 236 g/mol. The van der Waals surface area contributed by atoms with E-state index in [2.05, 4.69) is 5.32 Å². The molecule has 0 aromatic heterocycles. The molecule has 6 nitrogen and oxygen atoms in total. The smallest absolute Gasteiger partial charge is 0.269 e. The Morgan fingerprint density at radius 1 is 1.50 bits per heavy atom. The molecule has 0 saturated heterocycles. The van der Waals surface area contributed by atoms with E-state index in [4.69, 9.17) is 5.11 Å². The molecule has 2 N–H and O–H groups in total. The van der Waals surface area contributed by atoms with Gasteiger partial charge in [0.1, 0.15) is 0 Å². The summed E-state index contributed by atoms with van der Waals surface area (Å²) in [5, 5.41) is 22.1. The molecule has 1 unspecified atom stereocenters. The predicted molar refractivity (Wildman–Crippen MR) is 66.2 cm³/mol. The van der Waals surface area contributed by atoms with Crippen molar-refractivity contribution < 1.29 is 14.8 Å². The zero-order chi connectivity index (χ0) is 13.7. The van der Waals surface area contributed by atoms with Crippen molar-refractivity contribution in [1.29, 1.82) is 0 Å². The fourth-order valence-electron chi connectivity index (χ4n) is 1.47. The van der Waals surface area contributed by atoms with Crippen LogP contribution in [-0.4, -0.2) is 28.6 Å². The third-order valence-corrected chi connectivity index (χ3v) is 2.64. The van der Waals surface area contributed by atoms with Gasteiger partial charge in [0.15, 0.2) is 0 Å². The summed E-state index contributed by atoms with van der Waals surface area (Å²) in [6, 6.07) is 5.64. The van der Waals surface area contributed by atoms with Crippen LogP contribution < -0.4 is 5.32 Å². The average molecular weight is 252 g/mol. The molecular formula is C12H16N2O4. The van der Waals surface area contributed by atoms with E-state index in [1.807, 2.05) is 0 Å². The van der Waals surface area contributed by atoms with Gasteiger partial charge in [0.2, 0.25) is 5.91 Å². The maximum absolute atomic E-state index is 11.8. The monoisotopic (exact) mass is 252 g/mol. The van der Waals surface area contributed by atoms with Crippen molar-refractivity contribution in [2.24, 2.45) is 0 Å². The summed E-state index contributed by atoms with van der Waals surface area (Å²) >= 11 is 0. The van der Waals surface area contributed by atoms with Crippen molar-refractivity contribution in [3.05, 3.63) is 39.9 Å². The molecule has 0 aliphatic rings. The first-order valence-corrected chi connectivity index (χ1v) is 5.61. The summed E-state index contributed by atoms with van der Waals surface area (Å²) in [6.07, 6.45) is 0. The van der Waals surface area contributed by atoms with E-state index in [9.17, 15) is 14.9 Å². The average Bonchev–Trinajstić information content (AvgIpc) is 2.37. The molecule has 0 spiro atoms. The quantitative estimate of drug-likeness (QED) is 0.608. The number of nitrogens with one attached hydrogen (secondary N) is 1. The molecule has 0 heterocycles. The molecule has 0 radical (unpaired) electrons. The van der Waals surface area contributed by atoms with Gasteiger partial charge in [0, 0.05) is 18.2 Å². The van der Waals surface area contributed by atoms with Crippen LogP contribution in [-0.2, 0) is 4.79 Å². The standard InChI is InChI=1S/C12H16N2O4/c1-8(7-15)13-12(16)9(2)10-4-3-5-11(6-10)14(17)18/h3-6,8-9,15H,7H2,1-2H3,(H,13,16)/t8-,9?/m0/s1. The lowest BCUT2D eigenvalue weighted by molar-refractivity contribution is -0.384. The van der Waals surface area contributed by atoms with Gasteiger partial charge in [-0.25, -0.2) is 0 Å². The maximum atomic E-state index is 11.8. The molecule has 0 saturated carbocycles. The van der Waals surface area contributed by atoms with Crippen LogP contribution in [0.5, 0.6) is 0 Å². The van der Waals surface area contributed by atoms with Crippen molar-refractivity contribution in [2.45, 2.75) is 25.8 Å². The second kappa shape index (κ2) is 6.11. The van der Waals surface area contributed by atoms with Crippen LogP contribution in [0.3, 0.4) is 0 Å². The van der Waals surface area contributed by atoms with Crippen molar-refractivity contribution in [3.8, 4) is 0 Å². The highest BCUT2D eigenvalue weighted by molar-refractivity contribution is 5.83. The molecule has 0 aliphatic carbocycles. The highest BCUT2D eigenvalue weighted by Gasteiger charge is 2.18. The van der Waals surface area contributed by atoms with Crippen LogP contribution >= 0.6 is 0 Å². The van der Waals surface area contributed by atoms with Gasteiger partial charge in [0.25, 0.3) is 5.69 Å². The van der Waals surface area contributed by atoms with E-state index in [1.54, 1.807) is 26.0 Å². The molecule has 98 valence electrons. The summed E-state index contributed by atoms with van der Waals surface area (Å²) in [6.45, 7) is 3.20. The van der Waals surface area contributed by atoms with Crippen LogP contribution in [0.25, 0.3) is 0 Å². The van der Waals surface area contributed by atoms with Crippen LogP contribution in [0.15, 0.2) is 24.3 Å². The number of nitrogens with zero attached hydrogens (tertiary/aromatic N) is 1. The van der Waals surface area contributed by atoms with Crippen molar-refractivity contribution in [1.82, 2.24) is 5.32 Å². The minimum absolute atomic E-state index is 0.0395. The number of carbonyl (C=O) groups is 1. The van der Waals surface area contributed by atoms with Gasteiger partial charge in [-0.05, 0) is 19.4 Å². The van der Waals surface area contributed by atoms with Gasteiger partial charge in [-0.3, -0.25) is 14.9 Å². The fraction of sp³-hybridized carbons (Fsp3) is 0.417. The number of benzene rings is 1. The van der Waals surface area contributed by atoms with Gasteiger partial charge >= 0.3 is 0 Å². The van der Waals surface area contributed by atoms with Crippen molar-refractivity contribution >= 4 is 11.6 Å². The van der Waals surface area contributed by atoms with Crippen molar-refractivity contribution in [3.63, 3.8) is 0 Å². The Bertz CT molecular complexity index is 447. The molecule has 0 aliphatic heterocycles. The summed E-state index contributed by atoms with van der Waals surface area (Å²) in [5.41, 5.74) is 0.536. The fourth-order valence-corrected chi connectivity index (χ4v) is 1.47. The lowest BCUT2D eigenvalue weighted by Gasteiger charge is -2.15. The Balaban J connectivity index is 2.83. The SMILES string of the molecule is CC(C(=O)N[C@@H](C)CO)c1cccc([N+](=O)[O-])c1. The summed E-state index contributed by atoms with van der Waals surface area (Å²) in [5.74, 6) is -0.768. The van der Waals surface area contributed by atoms with Gasteiger partial charge in [-0.2, -0.15) is 0 Å². The number of rotatable bonds is 5. The zero-order valence-corrected chi connectivity index (χ0v) is 10.3.